The molecule has 1 aliphatic heterocycles. The van der Waals surface area contributed by atoms with E-state index in [1.54, 1.807) is 0 Å². The number of fused-ring (bicyclic) bond motifs is 3. The molecule has 34 heavy (non-hydrogen) atoms. The van der Waals surface area contributed by atoms with Crippen LogP contribution >= 0.6 is 0 Å². The van der Waals surface area contributed by atoms with Gasteiger partial charge < -0.3 is 40.1 Å². The molecule has 0 aromatic heterocycles. The molecule has 4 aliphatic carbocycles. The van der Waals surface area contributed by atoms with Crippen LogP contribution < -0.4 is 0 Å². The van der Waals surface area contributed by atoms with E-state index in [1.807, 2.05) is 6.92 Å². The lowest BCUT2D eigenvalue weighted by Gasteiger charge is -2.65. The fourth-order valence-electron chi connectivity index (χ4n) is 9.69. The molecule has 0 radical (unpaired) electrons. The normalized spacial score (nSPS) is 59.4. The first-order valence-corrected chi connectivity index (χ1v) is 13.2. The maximum absolute atomic E-state index is 11.1. The van der Waals surface area contributed by atoms with Crippen LogP contribution in [0.3, 0.4) is 0 Å². The summed E-state index contributed by atoms with van der Waals surface area (Å²) in [7, 11) is 0. The van der Waals surface area contributed by atoms with Gasteiger partial charge in [-0.25, -0.2) is 0 Å². The third kappa shape index (κ3) is 3.63. The lowest BCUT2D eigenvalue weighted by atomic mass is 9.40. The molecule has 4 saturated carbocycles. The summed E-state index contributed by atoms with van der Waals surface area (Å²) < 4.78 is 11.9. The molecule has 0 aromatic carbocycles. The number of aliphatic hydroxyl groups excluding tert-OH is 5. The fourth-order valence-corrected chi connectivity index (χ4v) is 9.69. The van der Waals surface area contributed by atoms with Crippen LogP contribution in [0, 0.1) is 34.0 Å². The third-order valence-electron chi connectivity index (χ3n) is 11.0. The van der Waals surface area contributed by atoms with Gasteiger partial charge in [-0.3, -0.25) is 0 Å². The summed E-state index contributed by atoms with van der Waals surface area (Å²) in [5.41, 5.74) is -0.943. The summed E-state index contributed by atoms with van der Waals surface area (Å²) in [6, 6.07) is 0. The zero-order chi connectivity index (χ0) is 24.7. The molecule has 0 aromatic rings. The van der Waals surface area contributed by atoms with Gasteiger partial charge in [0.1, 0.15) is 24.4 Å². The van der Waals surface area contributed by atoms with E-state index in [0.717, 1.165) is 44.9 Å². The Labute approximate surface area is 202 Å². The molecule has 5 rings (SSSR count). The molecular formula is C26H44O8. The van der Waals surface area contributed by atoms with Crippen LogP contribution in [0.15, 0.2) is 0 Å². The van der Waals surface area contributed by atoms with Crippen molar-refractivity contribution >= 4 is 0 Å². The van der Waals surface area contributed by atoms with Crippen molar-refractivity contribution in [1.29, 1.82) is 0 Å². The van der Waals surface area contributed by atoms with Crippen LogP contribution in [0.5, 0.6) is 0 Å². The van der Waals surface area contributed by atoms with Crippen molar-refractivity contribution in [3.05, 3.63) is 0 Å². The van der Waals surface area contributed by atoms with Gasteiger partial charge >= 0.3 is 0 Å². The monoisotopic (exact) mass is 484 g/mol. The molecule has 13 atom stereocenters. The van der Waals surface area contributed by atoms with Crippen LogP contribution in [-0.4, -0.2) is 86.3 Å². The Morgan fingerprint density at radius 3 is 2.29 bits per heavy atom. The second-order valence-corrected chi connectivity index (χ2v) is 13.2. The number of rotatable bonds is 4. The quantitative estimate of drug-likeness (QED) is 0.324. The van der Waals surface area contributed by atoms with Gasteiger partial charge in [-0.05, 0) is 92.3 Å². The molecule has 196 valence electrons. The smallest absolute Gasteiger partial charge is 0.186 e. The van der Waals surface area contributed by atoms with E-state index in [2.05, 4.69) is 13.8 Å². The molecule has 1 unspecified atom stereocenters. The predicted molar refractivity (Wildman–Crippen MR) is 122 cm³/mol. The zero-order valence-electron chi connectivity index (χ0n) is 20.8. The number of aliphatic hydroxyl groups is 6. The molecule has 1 heterocycles. The van der Waals surface area contributed by atoms with Gasteiger partial charge in [0.2, 0.25) is 0 Å². The van der Waals surface area contributed by atoms with Crippen molar-refractivity contribution in [2.45, 2.75) is 115 Å². The minimum atomic E-state index is -1.47. The molecule has 5 aliphatic rings. The standard InChI is InChI=1S/C26H44O8/c1-23(13-28)9-15(33-22-21(31)20(30)19(29)16(11-27)34-22)10-24(2)17(23)6-7-26-8-14(4-5-18(24)26)25(3,32)12-26/h14-22,27-32H,4-13H2,1-3H3/t14?,15-,16-,17-,18+,19-,20-,21-,22-,23+,24-,25-,26+/m1/s1. The molecular weight excluding hydrogens is 440 g/mol. The van der Waals surface area contributed by atoms with Crippen LogP contribution in [0.4, 0.5) is 0 Å². The van der Waals surface area contributed by atoms with E-state index in [-0.39, 0.29) is 29.0 Å². The molecule has 8 heteroatoms. The Balaban J connectivity index is 1.42. The Bertz CT molecular complexity index is 774. The first-order valence-electron chi connectivity index (χ1n) is 13.2. The molecule has 6 N–H and O–H groups in total. The van der Waals surface area contributed by atoms with Gasteiger partial charge in [-0.15, -0.1) is 0 Å². The highest BCUT2D eigenvalue weighted by atomic mass is 16.7. The van der Waals surface area contributed by atoms with E-state index in [1.165, 1.54) is 0 Å². The number of ether oxygens (including phenoxy) is 2. The van der Waals surface area contributed by atoms with Gasteiger partial charge in [-0.2, -0.15) is 0 Å². The molecule has 2 bridgehead atoms. The Morgan fingerprint density at radius 2 is 1.62 bits per heavy atom. The highest BCUT2D eigenvalue weighted by molar-refractivity contribution is 5.17. The molecule has 1 spiro atoms. The summed E-state index contributed by atoms with van der Waals surface area (Å²) >= 11 is 0. The molecule has 1 saturated heterocycles. The lowest BCUT2D eigenvalue weighted by Crippen LogP contribution is -2.62. The summed E-state index contributed by atoms with van der Waals surface area (Å²) in [4.78, 5) is 0. The van der Waals surface area contributed by atoms with Gasteiger partial charge in [0.25, 0.3) is 0 Å². The average Bonchev–Trinajstić information content (AvgIpc) is 2.96. The predicted octanol–water partition coefficient (Wildman–Crippen LogP) is 0.938. The van der Waals surface area contributed by atoms with Crippen molar-refractivity contribution in [3.63, 3.8) is 0 Å². The second kappa shape index (κ2) is 8.35. The largest absolute Gasteiger partial charge is 0.396 e. The van der Waals surface area contributed by atoms with E-state index < -0.39 is 42.9 Å². The molecule has 5 fully saturated rings. The van der Waals surface area contributed by atoms with Gasteiger partial charge in [-0.1, -0.05) is 13.8 Å². The van der Waals surface area contributed by atoms with Gasteiger partial charge in [0.15, 0.2) is 6.29 Å². The van der Waals surface area contributed by atoms with Crippen LogP contribution in [0.25, 0.3) is 0 Å². The topological polar surface area (TPSA) is 140 Å². The van der Waals surface area contributed by atoms with E-state index in [0.29, 0.717) is 24.2 Å². The summed E-state index contributed by atoms with van der Waals surface area (Å²) in [6.07, 6.45) is 0.692. The van der Waals surface area contributed by atoms with Crippen molar-refractivity contribution in [3.8, 4) is 0 Å². The number of hydrogen-bond donors (Lipinski definition) is 6. The van der Waals surface area contributed by atoms with Crippen molar-refractivity contribution < 1.29 is 40.1 Å². The van der Waals surface area contributed by atoms with Crippen LogP contribution in [-0.2, 0) is 9.47 Å². The van der Waals surface area contributed by atoms with Crippen molar-refractivity contribution in [2.75, 3.05) is 13.2 Å². The average molecular weight is 485 g/mol. The number of hydrogen-bond acceptors (Lipinski definition) is 8. The van der Waals surface area contributed by atoms with E-state index in [4.69, 9.17) is 9.47 Å². The minimum absolute atomic E-state index is 0.0435. The van der Waals surface area contributed by atoms with E-state index in [9.17, 15) is 30.6 Å². The first-order chi connectivity index (χ1) is 15.9. The Kier molecular flexibility index (Phi) is 6.22. The second-order valence-electron chi connectivity index (χ2n) is 13.2. The molecule has 8 nitrogen and oxygen atoms in total. The maximum Gasteiger partial charge on any atom is 0.186 e. The highest BCUT2D eigenvalue weighted by Gasteiger charge is 2.67. The van der Waals surface area contributed by atoms with Gasteiger partial charge in [0.05, 0.1) is 18.3 Å². The third-order valence-corrected chi connectivity index (χ3v) is 11.0. The SMILES string of the molecule is C[C@@]1(CO)C[C@@H](O[C@@H]2O[C@H](CO)[C@@H](O)[C@@H](O)[C@H]2O)C[C@]2(C)[C@@H]1CC[C@@]13CC(CC[C@H]12)[C@](C)(O)C3. The minimum Gasteiger partial charge on any atom is -0.396 e. The van der Waals surface area contributed by atoms with Crippen molar-refractivity contribution in [2.24, 2.45) is 34.0 Å². The van der Waals surface area contributed by atoms with E-state index >= 15 is 0 Å². The summed E-state index contributed by atoms with van der Waals surface area (Å²) in [5.74, 6) is 1.12. The Hall–Kier alpha value is -0.320. The van der Waals surface area contributed by atoms with Crippen molar-refractivity contribution in [1.82, 2.24) is 0 Å². The maximum atomic E-state index is 11.1. The zero-order valence-corrected chi connectivity index (χ0v) is 20.8. The van der Waals surface area contributed by atoms with Gasteiger partial charge in [0, 0.05) is 6.61 Å². The van der Waals surface area contributed by atoms with Crippen LogP contribution in [0.2, 0.25) is 0 Å². The highest BCUT2D eigenvalue weighted by Crippen LogP contribution is 2.73. The first kappa shape index (κ1) is 25.3. The lowest BCUT2D eigenvalue weighted by molar-refractivity contribution is -0.323. The molecule has 0 amide bonds. The fraction of sp³-hybridized carbons (Fsp3) is 1.00. The Morgan fingerprint density at radius 1 is 0.882 bits per heavy atom. The summed E-state index contributed by atoms with van der Waals surface area (Å²) in [5, 5.41) is 62.2. The summed E-state index contributed by atoms with van der Waals surface area (Å²) in [6.45, 7) is 6.03. The van der Waals surface area contributed by atoms with Crippen LogP contribution in [0.1, 0.15) is 72.1 Å².